The minimum Gasteiger partial charge on any atom is -0.449 e. The molecule has 0 aromatic heterocycles. The maximum absolute atomic E-state index is 11.0. The van der Waals surface area contributed by atoms with Crippen molar-refractivity contribution in [3.63, 3.8) is 0 Å². The van der Waals surface area contributed by atoms with Gasteiger partial charge in [0.2, 0.25) is 12.4 Å². The van der Waals surface area contributed by atoms with Crippen LogP contribution in [0.3, 0.4) is 0 Å². The zero-order chi connectivity index (χ0) is 10.4. The molecular weight excluding hydrogens is 176 g/mol. The van der Waals surface area contributed by atoms with Crippen LogP contribution in [0.15, 0.2) is 0 Å². The van der Waals surface area contributed by atoms with Crippen LogP contribution in [-0.4, -0.2) is 38.4 Å². The van der Waals surface area contributed by atoms with Crippen LogP contribution >= 0.6 is 0 Å². The Labute approximate surface area is 77.0 Å². The first-order chi connectivity index (χ1) is 6.02. The second kappa shape index (κ2) is 5.66. The van der Waals surface area contributed by atoms with E-state index in [0.717, 1.165) is 0 Å². The lowest BCUT2D eigenvalue weighted by atomic mass is 10.2. The van der Waals surface area contributed by atoms with Crippen LogP contribution in [0.4, 0.5) is 0 Å². The average molecular weight is 190 g/mol. The van der Waals surface area contributed by atoms with E-state index in [9.17, 15) is 9.59 Å². The smallest absolute Gasteiger partial charge is 0.303 e. The monoisotopic (exact) mass is 190 g/mol. The number of methoxy groups -OCH3 is 2. The van der Waals surface area contributed by atoms with Crippen LogP contribution in [-0.2, 0) is 23.8 Å². The number of ether oxygens (including phenoxy) is 3. The van der Waals surface area contributed by atoms with Crippen molar-refractivity contribution < 1.29 is 23.8 Å². The number of carbonyl (C=O) groups excluding carboxylic acids is 2. The Bertz CT molecular complexity index is 185. The Hall–Kier alpha value is -0.940. The van der Waals surface area contributed by atoms with Crippen molar-refractivity contribution in [3.8, 4) is 0 Å². The third-order valence-electron chi connectivity index (χ3n) is 1.41. The van der Waals surface area contributed by atoms with Crippen molar-refractivity contribution in [2.24, 2.45) is 0 Å². The van der Waals surface area contributed by atoms with Crippen molar-refractivity contribution in [1.29, 1.82) is 0 Å². The van der Waals surface area contributed by atoms with Gasteiger partial charge in [-0.1, -0.05) is 0 Å². The lowest BCUT2D eigenvalue weighted by Crippen LogP contribution is -2.39. The highest BCUT2D eigenvalue weighted by Crippen LogP contribution is 2.06. The summed E-state index contributed by atoms with van der Waals surface area (Å²) < 4.78 is 14.3. The molecule has 76 valence electrons. The molecule has 0 N–H and O–H groups in total. The second-order valence-electron chi connectivity index (χ2n) is 2.48. The van der Waals surface area contributed by atoms with Gasteiger partial charge in [-0.05, 0) is 6.92 Å². The van der Waals surface area contributed by atoms with Gasteiger partial charge in [0.1, 0.15) is 0 Å². The number of hydrogen-bond acceptors (Lipinski definition) is 5. The molecule has 0 unspecified atom stereocenters. The number of Topliss-reactive ketones (excluding diaryl/α,β-unsaturated/α-hetero) is 1. The third kappa shape index (κ3) is 4.00. The SMILES string of the molecule is COC(OC)[C@@H](OC(C)=O)C(C)=O. The molecule has 5 nitrogen and oxygen atoms in total. The average Bonchev–Trinajstić information content (AvgIpc) is 2.04. The van der Waals surface area contributed by atoms with Crippen molar-refractivity contribution in [1.82, 2.24) is 0 Å². The molecule has 0 saturated carbocycles. The predicted octanol–water partition coefficient (Wildman–Crippen LogP) is 0.126. The van der Waals surface area contributed by atoms with Crippen molar-refractivity contribution >= 4 is 11.8 Å². The zero-order valence-electron chi connectivity index (χ0n) is 8.20. The highest BCUT2D eigenvalue weighted by atomic mass is 16.7. The summed E-state index contributed by atoms with van der Waals surface area (Å²) in [5.74, 6) is -0.858. The van der Waals surface area contributed by atoms with Gasteiger partial charge in [-0.15, -0.1) is 0 Å². The van der Waals surface area contributed by atoms with Gasteiger partial charge in [0.15, 0.2) is 5.78 Å². The molecule has 13 heavy (non-hydrogen) atoms. The molecule has 0 bridgehead atoms. The van der Waals surface area contributed by atoms with E-state index in [-0.39, 0.29) is 5.78 Å². The Morgan fingerprint density at radius 1 is 1.08 bits per heavy atom. The molecule has 0 aliphatic heterocycles. The summed E-state index contributed by atoms with van der Waals surface area (Å²) in [4.78, 5) is 21.6. The fraction of sp³-hybridized carbons (Fsp3) is 0.750. The summed E-state index contributed by atoms with van der Waals surface area (Å²) in [7, 11) is 2.74. The van der Waals surface area contributed by atoms with E-state index in [1.165, 1.54) is 28.1 Å². The molecule has 5 heteroatoms. The van der Waals surface area contributed by atoms with Crippen LogP contribution in [0.2, 0.25) is 0 Å². The van der Waals surface area contributed by atoms with E-state index in [0.29, 0.717) is 0 Å². The Kier molecular flexibility index (Phi) is 5.25. The fourth-order valence-corrected chi connectivity index (χ4v) is 0.852. The van der Waals surface area contributed by atoms with Gasteiger partial charge in [0.25, 0.3) is 0 Å². The van der Waals surface area contributed by atoms with Crippen LogP contribution in [0, 0.1) is 0 Å². The van der Waals surface area contributed by atoms with E-state index < -0.39 is 18.4 Å². The summed E-state index contributed by atoms with van der Waals surface area (Å²) in [5.41, 5.74) is 0. The standard InChI is InChI=1S/C8H14O5/c1-5(9)7(13-6(2)10)8(11-3)12-4/h7-8H,1-4H3/t7-/m0/s1. The first kappa shape index (κ1) is 12.1. The lowest BCUT2D eigenvalue weighted by molar-refractivity contribution is -0.192. The first-order valence-electron chi connectivity index (χ1n) is 3.76. The van der Waals surface area contributed by atoms with Gasteiger partial charge in [0, 0.05) is 21.1 Å². The topological polar surface area (TPSA) is 61.8 Å². The van der Waals surface area contributed by atoms with Crippen LogP contribution < -0.4 is 0 Å². The molecule has 0 aliphatic carbocycles. The molecule has 0 fully saturated rings. The van der Waals surface area contributed by atoms with E-state index in [4.69, 9.17) is 14.2 Å². The molecule has 0 radical (unpaired) electrons. The number of rotatable bonds is 5. The second-order valence-corrected chi connectivity index (χ2v) is 2.48. The van der Waals surface area contributed by atoms with Crippen LogP contribution in [0.25, 0.3) is 0 Å². The van der Waals surface area contributed by atoms with Crippen LogP contribution in [0.1, 0.15) is 13.8 Å². The van der Waals surface area contributed by atoms with E-state index in [2.05, 4.69) is 0 Å². The normalized spacial score (nSPS) is 12.7. The molecule has 1 atom stereocenters. The number of ketones is 1. The largest absolute Gasteiger partial charge is 0.449 e. The van der Waals surface area contributed by atoms with Gasteiger partial charge in [0.05, 0.1) is 0 Å². The van der Waals surface area contributed by atoms with Gasteiger partial charge >= 0.3 is 5.97 Å². The number of hydrogen-bond donors (Lipinski definition) is 0. The molecular formula is C8H14O5. The Morgan fingerprint density at radius 3 is 1.77 bits per heavy atom. The summed E-state index contributed by atoms with van der Waals surface area (Å²) in [6.45, 7) is 2.52. The molecule has 0 rings (SSSR count). The summed E-state index contributed by atoms with van der Waals surface area (Å²) in [6.07, 6.45) is -1.84. The molecule has 0 saturated heterocycles. The Balaban J connectivity index is 4.38. The number of carbonyl (C=O) groups is 2. The van der Waals surface area contributed by atoms with Crippen molar-refractivity contribution in [3.05, 3.63) is 0 Å². The fourth-order valence-electron chi connectivity index (χ4n) is 0.852. The van der Waals surface area contributed by atoms with E-state index in [1.54, 1.807) is 0 Å². The van der Waals surface area contributed by atoms with Crippen LogP contribution in [0.5, 0.6) is 0 Å². The van der Waals surface area contributed by atoms with Gasteiger partial charge in [-0.25, -0.2) is 0 Å². The van der Waals surface area contributed by atoms with Crippen molar-refractivity contribution in [2.75, 3.05) is 14.2 Å². The van der Waals surface area contributed by atoms with Gasteiger partial charge < -0.3 is 14.2 Å². The van der Waals surface area contributed by atoms with Gasteiger partial charge in [-0.2, -0.15) is 0 Å². The number of esters is 1. The molecule has 0 amide bonds. The van der Waals surface area contributed by atoms with Gasteiger partial charge in [-0.3, -0.25) is 9.59 Å². The minimum atomic E-state index is -0.993. The first-order valence-corrected chi connectivity index (χ1v) is 3.76. The minimum absolute atomic E-state index is 0.316. The summed E-state index contributed by atoms with van der Waals surface area (Å²) >= 11 is 0. The molecule has 0 aliphatic rings. The molecule has 0 heterocycles. The maximum atomic E-state index is 11.0. The Morgan fingerprint density at radius 2 is 1.54 bits per heavy atom. The van der Waals surface area contributed by atoms with Crippen molar-refractivity contribution in [2.45, 2.75) is 26.2 Å². The maximum Gasteiger partial charge on any atom is 0.303 e. The highest BCUT2D eigenvalue weighted by Gasteiger charge is 2.28. The van der Waals surface area contributed by atoms with E-state index in [1.807, 2.05) is 0 Å². The summed E-state index contributed by atoms with van der Waals surface area (Å²) in [5, 5.41) is 0. The highest BCUT2D eigenvalue weighted by molar-refractivity contribution is 5.83. The third-order valence-corrected chi connectivity index (χ3v) is 1.41. The molecule has 0 spiro atoms. The molecule has 0 aromatic carbocycles. The predicted molar refractivity (Wildman–Crippen MR) is 44.0 cm³/mol. The lowest BCUT2D eigenvalue weighted by Gasteiger charge is -2.21. The van der Waals surface area contributed by atoms with E-state index >= 15 is 0 Å². The quantitative estimate of drug-likeness (QED) is 0.455. The molecule has 0 aromatic rings. The summed E-state index contributed by atoms with van der Waals surface area (Å²) in [6, 6.07) is 0. The zero-order valence-corrected chi connectivity index (χ0v) is 8.20.